The van der Waals surface area contributed by atoms with Gasteiger partial charge in [0.1, 0.15) is 0 Å². The largest absolute Gasteiger partial charge is 0.282 e. The van der Waals surface area contributed by atoms with Gasteiger partial charge in [-0.1, -0.05) is 6.42 Å². The van der Waals surface area contributed by atoms with Gasteiger partial charge in [0.2, 0.25) is 0 Å². The molecule has 0 aromatic rings. The Kier molecular flexibility index (Phi) is 2.53. The van der Waals surface area contributed by atoms with Crippen LogP contribution >= 0.6 is 15.9 Å². The van der Waals surface area contributed by atoms with E-state index in [1.807, 2.05) is 0 Å². The van der Waals surface area contributed by atoms with E-state index < -0.39 is 0 Å². The first-order valence-electron chi connectivity index (χ1n) is 3.08. The zero-order valence-electron chi connectivity index (χ0n) is 4.86. The Morgan fingerprint density at radius 3 is 3.00 bits per heavy atom. The Morgan fingerprint density at radius 2 is 2.12 bits per heavy atom. The molecule has 0 amide bonds. The number of hydrogen-bond donors (Lipinski definition) is 0. The lowest BCUT2D eigenvalue weighted by Gasteiger charge is -1.87. The molecular formula is C6H10BrN. The van der Waals surface area contributed by atoms with E-state index in [-0.39, 0.29) is 0 Å². The maximum Gasteiger partial charge on any atom is 0.0774 e. The predicted molar refractivity (Wildman–Crippen MR) is 39.7 cm³/mol. The summed E-state index contributed by atoms with van der Waals surface area (Å²) in [6.07, 6.45) is 5.08. The molecule has 1 nitrogen and oxygen atoms in total. The highest BCUT2D eigenvalue weighted by Gasteiger charge is 1.98. The highest BCUT2D eigenvalue weighted by atomic mass is 79.9. The lowest BCUT2D eigenvalue weighted by atomic mass is 10.2. The third kappa shape index (κ3) is 1.95. The van der Waals surface area contributed by atoms with E-state index in [1.54, 1.807) is 0 Å². The first-order valence-corrected chi connectivity index (χ1v) is 3.88. The third-order valence-electron chi connectivity index (χ3n) is 1.32. The molecule has 0 aliphatic carbocycles. The molecular weight excluding hydrogens is 166 g/mol. The maximum absolute atomic E-state index is 4.26. The van der Waals surface area contributed by atoms with E-state index in [1.165, 1.54) is 19.3 Å². The summed E-state index contributed by atoms with van der Waals surface area (Å²) in [6.45, 7) is 1.03. The molecule has 2 heteroatoms. The molecule has 1 heterocycles. The van der Waals surface area contributed by atoms with Crippen LogP contribution in [0, 0.1) is 0 Å². The standard InChI is InChI=1S/C6H10BrN/c7-6-4-2-1-3-5-8-6/h1-5H2. The van der Waals surface area contributed by atoms with Gasteiger partial charge in [0.15, 0.2) is 0 Å². The molecule has 0 bridgehead atoms. The Bertz CT molecular complexity index is 98.7. The van der Waals surface area contributed by atoms with E-state index >= 15 is 0 Å². The van der Waals surface area contributed by atoms with Crippen molar-refractivity contribution in [1.82, 2.24) is 0 Å². The van der Waals surface area contributed by atoms with Crippen molar-refractivity contribution < 1.29 is 0 Å². The van der Waals surface area contributed by atoms with Crippen LogP contribution in [0.25, 0.3) is 0 Å². The molecule has 0 fully saturated rings. The molecule has 0 saturated carbocycles. The predicted octanol–water partition coefficient (Wildman–Crippen LogP) is 2.35. The van der Waals surface area contributed by atoms with E-state index in [0.29, 0.717) is 0 Å². The smallest absolute Gasteiger partial charge is 0.0774 e. The van der Waals surface area contributed by atoms with Crippen molar-refractivity contribution in [3.05, 3.63) is 0 Å². The van der Waals surface area contributed by atoms with Crippen molar-refractivity contribution in [3.8, 4) is 0 Å². The van der Waals surface area contributed by atoms with Crippen LogP contribution in [0.3, 0.4) is 0 Å². The molecule has 0 N–H and O–H groups in total. The van der Waals surface area contributed by atoms with Crippen LogP contribution < -0.4 is 0 Å². The minimum absolute atomic E-state index is 1.03. The van der Waals surface area contributed by atoms with Crippen molar-refractivity contribution in [1.29, 1.82) is 0 Å². The van der Waals surface area contributed by atoms with Crippen LogP contribution in [0.4, 0.5) is 0 Å². The highest BCUT2D eigenvalue weighted by Crippen LogP contribution is 2.10. The normalized spacial score (nSPS) is 21.9. The molecule has 0 aromatic heterocycles. The number of aliphatic imine (C=N–C) groups is 1. The van der Waals surface area contributed by atoms with Gasteiger partial charge >= 0.3 is 0 Å². The second-order valence-electron chi connectivity index (χ2n) is 2.07. The second-order valence-corrected chi connectivity index (χ2v) is 2.98. The molecule has 8 heavy (non-hydrogen) atoms. The molecule has 0 atom stereocenters. The van der Waals surface area contributed by atoms with Gasteiger partial charge in [0.05, 0.1) is 4.62 Å². The Morgan fingerprint density at radius 1 is 1.25 bits per heavy atom. The monoisotopic (exact) mass is 175 g/mol. The quantitative estimate of drug-likeness (QED) is 0.537. The summed E-state index contributed by atoms with van der Waals surface area (Å²) in [5, 5.41) is 0. The van der Waals surface area contributed by atoms with Crippen molar-refractivity contribution in [2.24, 2.45) is 4.99 Å². The minimum atomic E-state index is 1.03. The van der Waals surface area contributed by atoms with Gasteiger partial charge in [0, 0.05) is 6.54 Å². The van der Waals surface area contributed by atoms with E-state index in [4.69, 9.17) is 0 Å². The average Bonchev–Trinajstić information content (AvgIpc) is 1.94. The first kappa shape index (κ1) is 6.27. The highest BCUT2D eigenvalue weighted by molar-refractivity contribution is 9.18. The molecule has 1 aliphatic heterocycles. The first-order chi connectivity index (χ1) is 3.89. The van der Waals surface area contributed by atoms with E-state index in [9.17, 15) is 0 Å². The van der Waals surface area contributed by atoms with Gasteiger partial charge < -0.3 is 0 Å². The molecule has 0 radical (unpaired) electrons. The van der Waals surface area contributed by atoms with Gasteiger partial charge in [-0.25, -0.2) is 0 Å². The molecule has 0 saturated heterocycles. The number of hydrogen-bond acceptors (Lipinski definition) is 1. The van der Waals surface area contributed by atoms with Crippen LogP contribution in [0.2, 0.25) is 0 Å². The fourth-order valence-corrected chi connectivity index (χ4v) is 1.30. The van der Waals surface area contributed by atoms with Crippen LogP contribution in [0.5, 0.6) is 0 Å². The minimum Gasteiger partial charge on any atom is -0.282 e. The lowest BCUT2D eigenvalue weighted by Crippen LogP contribution is -1.81. The molecule has 0 spiro atoms. The molecule has 46 valence electrons. The second kappa shape index (κ2) is 3.23. The fourth-order valence-electron chi connectivity index (χ4n) is 0.839. The van der Waals surface area contributed by atoms with Crippen molar-refractivity contribution >= 4 is 20.6 Å². The number of rotatable bonds is 0. The fraction of sp³-hybridized carbons (Fsp3) is 0.833. The van der Waals surface area contributed by atoms with Crippen LogP contribution in [0.1, 0.15) is 25.7 Å². The zero-order chi connectivity index (χ0) is 5.82. The van der Waals surface area contributed by atoms with Crippen molar-refractivity contribution in [2.75, 3.05) is 6.54 Å². The third-order valence-corrected chi connectivity index (χ3v) is 1.97. The van der Waals surface area contributed by atoms with Gasteiger partial charge in [-0.05, 0) is 35.2 Å². The Hall–Kier alpha value is 0.150. The summed E-state index contributed by atoms with van der Waals surface area (Å²) in [4.78, 5) is 4.26. The molecule has 0 unspecified atom stereocenters. The molecule has 0 aromatic carbocycles. The van der Waals surface area contributed by atoms with Crippen molar-refractivity contribution in [2.45, 2.75) is 25.7 Å². The number of nitrogens with zero attached hydrogens (tertiary/aromatic N) is 1. The summed E-state index contributed by atoms with van der Waals surface area (Å²) in [7, 11) is 0. The Labute approximate surface area is 58.3 Å². The van der Waals surface area contributed by atoms with Crippen LogP contribution in [-0.2, 0) is 0 Å². The summed E-state index contributed by atoms with van der Waals surface area (Å²) >= 11 is 3.39. The summed E-state index contributed by atoms with van der Waals surface area (Å²) in [5.74, 6) is 0. The SMILES string of the molecule is BrC1=NCCCCC1. The van der Waals surface area contributed by atoms with Gasteiger partial charge in [0.25, 0.3) is 0 Å². The Balaban J connectivity index is 2.36. The van der Waals surface area contributed by atoms with Crippen molar-refractivity contribution in [3.63, 3.8) is 0 Å². The summed E-state index contributed by atoms with van der Waals surface area (Å²) in [6, 6.07) is 0. The number of halogens is 1. The van der Waals surface area contributed by atoms with E-state index in [0.717, 1.165) is 17.6 Å². The van der Waals surface area contributed by atoms with Gasteiger partial charge in [-0.3, -0.25) is 4.99 Å². The van der Waals surface area contributed by atoms with Gasteiger partial charge in [-0.2, -0.15) is 0 Å². The zero-order valence-corrected chi connectivity index (χ0v) is 6.45. The molecule has 1 rings (SSSR count). The van der Waals surface area contributed by atoms with Crippen LogP contribution in [-0.4, -0.2) is 11.2 Å². The van der Waals surface area contributed by atoms with Gasteiger partial charge in [-0.15, -0.1) is 0 Å². The van der Waals surface area contributed by atoms with E-state index in [2.05, 4.69) is 20.9 Å². The van der Waals surface area contributed by atoms with Crippen LogP contribution in [0.15, 0.2) is 4.99 Å². The average molecular weight is 176 g/mol. The molecule has 1 aliphatic rings. The topological polar surface area (TPSA) is 12.4 Å². The maximum atomic E-state index is 4.26. The summed E-state index contributed by atoms with van der Waals surface area (Å²) in [5.41, 5.74) is 0. The summed E-state index contributed by atoms with van der Waals surface area (Å²) < 4.78 is 1.16. The lowest BCUT2D eigenvalue weighted by molar-refractivity contribution is 0.732.